The molecule has 1 heterocycles. The van der Waals surface area contributed by atoms with Crippen molar-refractivity contribution < 1.29 is 36.2 Å². The number of alkyl halides is 6. The molecular formula is C18H16ClF6N3O2. The summed E-state index contributed by atoms with van der Waals surface area (Å²) in [5.41, 5.74) is -4.26. The molecule has 0 radical (unpaired) electrons. The van der Waals surface area contributed by atoms with Gasteiger partial charge in [0.15, 0.2) is 5.60 Å². The number of pyridine rings is 1. The third kappa shape index (κ3) is 5.33. The SMILES string of the molecule is Cc1cc(C(C)(O)C(F)(F)F)cc(Cl)c1NC(=O)NCc1ccc(C(F)(F)F)cn1. The maximum absolute atomic E-state index is 13.0. The normalized spacial score (nSPS) is 14.2. The van der Waals surface area contributed by atoms with E-state index >= 15 is 0 Å². The van der Waals surface area contributed by atoms with Crippen LogP contribution in [0.1, 0.15) is 29.3 Å². The van der Waals surface area contributed by atoms with Crippen LogP contribution >= 0.6 is 11.6 Å². The largest absolute Gasteiger partial charge is 0.421 e. The Balaban J connectivity index is 2.08. The van der Waals surface area contributed by atoms with E-state index in [0.29, 0.717) is 13.1 Å². The predicted molar refractivity (Wildman–Crippen MR) is 96.9 cm³/mol. The van der Waals surface area contributed by atoms with E-state index in [1.807, 2.05) is 0 Å². The molecule has 1 unspecified atom stereocenters. The summed E-state index contributed by atoms with van der Waals surface area (Å²) in [6.45, 7) is 1.76. The molecule has 0 saturated carbocycles. The highest BCUT2D eigenvalue weighted by atomic mass is 35.5. The second kappa shape index (κ2) is 8.31. The minimum Gasteiger partial charge on any atom is -0.376 e. The molecule has 0 bridgehead atoms. The Morgan fingerprint density at radius 2 is 1.77 bits per heavy atom. The summed E-state index contributed by atoms with van der Waals surface area (Å²) in [4.78, 5) is 15.6. The number of hydrogen-bond acceptors (Lipinski definition) is 3. The minimum absolute atomic E-state index is 0.0104. The van der Waals surface area contributed by atoms with Gasteiger partial charge in [0, 0.05) is 6.20 Å². The Hall–Kier alpha value is -2.53. The van der Waals surface area contributed by atoms with Gasteiger partial charge in [0.2, 0.25) is 0 Å². The molecule has 1 aromatic carbocycles. The maximum Gasteiger partial charge on any atom is 0.421 e. The van der Waals surface area contributed by atoms with Crippen LogP contribution in [0.25, 0.3) is 0 Å². The van der Waals surface area contributed by atoms with E-state index < -0.39 is 35.1 Å². The molecule has 30 heavy (non-hydrogen) atoms. The Morgan fingerprint density at radius 1 is 1.13 bits per heavy atom. The van der Waals surface area contributed by atoms with Gasteiger partial charge in [-0.05, 0) is 43.2 Å². The van der Waals surface area contributed by atoms with Crippen LogP contribution < -0.4 is 10.6 Å². The van der Waals surface area contributed by atoms with Crippen molar-refractivity contribution >= 4 is 23.3 Å². The van der Waals surface area contributed by atoms with Crippen LogP contribution in [0, 0.1) is 6.92 Å². The van der Waals surface area contributed by atoms with E-state index in [1.54, 1.807) is 0 Å². The number of amides is 2. The highest BCUT2D eigenvalue weighted by Crippen LogP contribution is 2.41. The first-order chi connectivity index (χ1) is 13.6. The van der Waals surface area contributed by atoms with Gasteiger partial charge in [0.1, 0.15) is 0 Å². The molecule has 0 aliphatic heterocycles. The monoisotopic (exact) mass is 455 g/mol. The van der Waals surface area contributed by atoms with Crippen molar-refractivity contribution in [1.29, 1.82) is 0 Å². The summed E-state index contributed by atoms with van der Waals surface area (Å²) in [5.74, 6) is 0. The fourth-order valence-electron chi connectivity index (χ4n) is 2.37. The van der Waals surface area contributed by atoms with Gasteiger partial charge in [-0.25, -0.2) is 4.79 Å². The number of halogens is 7. The second-order valence-corrected chi connectivity index (χ2v) is 6.97. The Bertz CT molecular complexity index is 904. The van der Waals surface area contributed by atoms with Crippen molar-refractivity contribution in [3.63, 3.8) is 0 Å². The van der Waals surface area contributed by atoms with Gasteiger partial charge in [0.05, 0.1) is 28.5 Å². The Kier molecular flexibility index (Phi) is 6.57. The van der Waals surface area contributed by atoms with Gasteiger partial charge >= 0.3 is 18.4 Å². The highest BCUT2D eigenvalue weighted by Gasteiger charge is 2.51. The van der Waals surface area contributed by atoms with E-state index in [9.17, 15) is 36.2 Å². The van der Waals surface area contributed by atoms with E-state index in [0.717, 1.165) is 24.3 Å². The first-order valence-electron chi connectivity index (χ1n) is 8.29. The van der Waals surface area contributed by atoms with Crippen molar-refractivity contribution in [3.8, 4) is 0 Å². The fourth-order valence-corrected chi connectivity index (χ4v) is 2.69. The zero-order valence-electron chi connectivity index (χ0n) is 15.5. The van der Waals surface area contributed by atoms with Crippen LogP contribution in [-0.4, -0.2) is 22.3 Å². The molecule has 2 amide bonds. The van der Waals surface area contributed by atoms with Crippen molar-refractivity contribution in [2.75, 3.05) is 5.32 Å². The topological polar surface area (TPSA) is 74.2 Å². The Labute approximate surface area is 172 Å². The summed E-state index contributed by atoms with van der Waals surface area (Å²) in [7, 11) is 0. The number of anilines is 1. The van der Waals surface area contributed by atoms with Crippen LogP contribution in [0.4, 0.5) is 36.8 Å². The number of benzene rings is 1. The molecule has 0 spiro atoms. The van der Waals surface area contributed by atoms with E-state index in [2.05, 4.69) is 15.6 Å². The molecule has 0 fully saturated rings. The van der Waals surface area contributed by atoms with Crippen molar-refractivity contribution in [3.05, 3.63) is 57.9 Å². The van der Waals surface area contributed by atoms with Gasteiger partial charge in [0.25, 0.3) is 0 Å². The zero-order chi connectivity index (χ0) is 22.9. The lowest BCUT2D eigenvalue weighted by Gasteiger charge is -2.27. The highest BCUT2D eigenvalue weighted by molar-refractivity contribution is 6.34. The van der Waals surface area contributed by atoms with Gasteiger partial charge in [-0.3, -0.25) is 4.98 Å². The standard InChI is InChI=1S/C18H16ClF6N3O2/c1-9-5-11(16(2,30)18(23,24)25)6-13(19)14(9)28-15(29)27-8-12-4-3-10(7-26-12)17(20,21)22/h3-7,30H,8H2,1-2H3,(H2,27,28,29). The molecular weight excluding hydrogens is 440 g/mol. The maximum atomic E-state index is 13.0. The lowest BCUT2D eigenvalue weighted by atomic mass is 9.93. The molecule has 12 heteroatoms. The van der Waals surface area contributed by atoms with E-state index in [-0.39, 0.29) is 28.5 Å². The summed E-state index contributed by atoms with van der Waals surface area (Å²) in [6.07, 6.45) is -8.85. The molecule has 1 atom stereocenters. The summed E-state index contributed by atoms with van der Waals surface area (Å²) >= 11 is 5.97. The lowest BCUT2D eigenvalue weighted by molar-refractivity contribution is -0.258. The number of rotatable bonds is 4. The van der Waals surface area contributed by atoms with Crippen LogP contribution in [0.3, 0.4) is 0 Å². The number of carbonyl (C=O) groups excluding carboxylic acids is 1. The molecule has 2 rings (SSSR count). The number of nitrogens with one attached hydrogen (secondary N) is 2. The molecule has 2 aromatic rings. The summed E-state index contributed by atoms with van der Waals surface area (Å²) in [5, 5.41) is 14.2. The number of aliphatic hydroxyl groups is 1. The molecule has 5 nitrogen and oxygen atoms in total. The molecule has 0 aliphatic carbocycles. The first-order valence-corrected chi connectivity index (χ1v) is 8.67. The van der Waals surface area contributed by atoms with E-state index in [4.69, 9.17) is 11.6 Å². The molecule has 164 valence electrons. The number of urea groups is 1. The van der Waals surface area contributed by atoms with Crippen LogP contribution in [0.5, 0.6) is 0 Å². The predicted octanol–water partition coefficient (Wildman–Crippen LogP) is 5.15. The summed E-state index contributed by atoms with van der Waals surface area (Å²) in [6, 6.07) is 3.02. The average molecular weight is 456 g/mol. The molecule has 1 aromatic heterocycles. The fraction of sp³-hybridized carbons (Fsp3) is 0.333. The van der Waals surface area contributed by atoms with Crippen molar-refractivity contribution in [2.45, 2.75) is 38.3 Å². The second-order valence-electron chi connectivity index (χ2n) is 6.56. The van der Waals surface area contributed by atoms with Gasteiger partial charge in [-0.15, -0.1) is 0 Å². The first kappa shape index (κ1) is 23.7. The number of hydrogen-bond donors (Lipinski definition) is 3. The number of carbonyl (C=O) groups is 1. The number of aryl methyl sites for hydroxylation is 1. The lowest BCUT2D eigenvalue weighted by Crippen LogP contribution is -2.39. The van der Waals surface area contributed by atoms with Crippen molar-refractivity contribution in [2.24, 2.45) is 0 Å². The molecule has 0 saturated heterocycles. The van der Waals surface area contributed by atoms with Gasteiger partial charge in [-0.1, -0.05) is 17.7 Å². The van der Waals surface area contributed by atoms with Crippen LogP contribution in [0.15, 0.2) is 30.5 Å². The third-order valence-electron chi connectivity index (χ3n) is 4.22. The Morgan fingerprint density at radius 3 is 2.23 bits per heavy atom. The molecule has 3 N–H and O–H groups in total. The summed E-state index contributed by atoms with van der Waals surface area (Å²) < 4.78 is 76.5. The number of nitrogens with zero attached hydrogens (tertiary/aromatic N) is 1. The van der Waals surface area contributed by atoms with E-state index in [1.165, 1.54) is 6.92 Å². The zero-order valence-corrected chi connectivity index (χ0v) is 16.3. The number of aromatic nitrogens is 1. The third-order valence-corrected chi connectivity index (χ3v) is 4.52. The molecule has 0 aliphatic rings. The van der Waals surface area contributed by atoms with Crippen molar-refractivity contribution in [1.82, 2.24) is 10.3 Å². The van der Waals surface area contributed by atoms with Gasteiger partial charge < -0.3 is 15.7 Å². The minimum atomic E-state index is -4.94. The quantitative estimate of drug-likeness (QED) is 0.558. The average Bonchev–Trinajstić information content (AvgIpc) is 2.61. The van der Waals surface area contributed by atoms with Crippen LogP contribution in [0.2, 0.25) is 5.02 Å². The van der Waals surface area contributed by atoms with Crippen LogP contribution in [-0.2, 0) is 18.3 Å². The smallest absolute Gasteiger partial charge is 0.376 e. The van der Waals surface area contributed by atoms with Gasteiger partial charge in [-0.2, -0.15) is 26.3 Å².